The molecule has 0 aliphatic carbocycles. The van der Waals surface area contributed by atoms with E-state index in [4.69, 9.17) is 9.72 Å². The van der Waals surface area contributed by atoms with E-state index in [-0.39, 0.29) is 11.8 Å². The third-order valence-electron chi connectivity index (χ3n) is 7.14. The number of carbonyl (C=O) groups is 1. The molecular weight excluding hydrogens is 446 g/mol. The molecule has 2 heterocycles. The highest BCUT2D eigenvalue weighted by atomic mass is 16.5. The van der Waals surface area contributed by atoms with Crippen molar-refractivity contribution in [1.82, 2.24) is 14.5 Å². The van der Waals surface area contributed by atoms with E-state index in [9.17, 15) is 4.79 Å². The van der Waals surface area contributed by atoms with E-state index in [0.29, 0.717) is 13.0 Å². The van der Waals surface area contributed by atoms with Gasteiger partial charge in [-0.3, -0.25) is 4.79 Å². The van der Waals surface area contributed by atoms with E-state index < -0.39 is 0 Å². The normalized spacial score (nSPS) is 15.7. The molecule has 1 unspecified atom stereocenters. The number of imidazole rings is 1. The summed E-state index contributed by atoms with van der Waals surface area (Å²) in [5.74, 6) is 2.38. The molecule has 1 amide bonds. The van der Waals surface area contributed by atoms with Gasteiger partial charge in [0.1, 0.15) is 11.6 Å². The lowest BCUT2D eigenvalue weighted by molar-refractivity contribution is -0.127. The average Bonchev–Trinajstić information content (AvgIpc) is 3.44. The molecule has 1 fully saturated rings. The number of benzene rings is 3. The maximum absolute atomic E-state index is 12.9. The van der Waals surface area contributed by atoms with Crippen LogP contribution < -0.4 is 4.74 Å². The quantitative estimate of drug-likeness (QED) is 0.258. The van der Waals surface area contributed by atoms with Crippen molar-refractivity contribution < 1.29 is 9.53 Å². The van der Waals surface area contributed by atoms with Crippen LogP contribution in [0.1, 0.15) is 47.7 Å². The molecule has 186 valence electrons. The third kappa shape index (κ3) is 5.46. The Morgan fingerprint density at radius 1 is 0.944 bits per heavy atom. The zero-order valence-electron chi connectivity index (χ0n) is 21.3. The highest BCUT2D eigenvalue weighted by Gasteiger charge is 2.33. The minimum atomic E-state index is 0.132. The Morgan fingerprint density at radius 3 is 2.58 bits per heavy atom. The van der Waals surface area contributed by atoms with Crippen LogP contribution in [0, 0.1) is 13.8 Å². The number of nitrogens with zero attached hydrogens (tertiary/aromatic N) is 3. The zero-order valence-corrected chi connectivity index (χ0v) is 21.3. The van der Waals surface area contributed by atoms with Crippen molar-refractivity contribution in [3.8, 4) is 5.75 Å². The van der Waals surface area contributed by atoms with Gasteiger partial charge in [-0.2, -0.15) is 0 Å². The van der Waals surface area contributed by atoms with E-state index in [2.05, 4.69) is 79.1 Å². The standard InChI is InChI=1S/C31H35N3O2/c1-23-14-15-29(24(2)20-23)36-19-9-8-17-34-28-13-7-6-12-27(28)32-31(34)26-21-30(35)33(22-26)18-16-25-10-4-3-5-11-25/h3-7,10-15,20,26H,8-9,16-19,21-22H2,1-2H3. The number of aromatic nitrogens is 2. The van der Waals surface area contributed by atoms with Gasteiger partial charge in [0.15, 0.2) is 0 Å². The molecule has 1 aromatic heterocycles. The molecule has 0 N–H and O–H groups in total. The molecule has 0 radical (unpaired) electrons. The Bertz CT molecular complexity index is 1330. The fraction of sp³-hybridized carbons (Fsp3) is 0.355. The molecule has 0 saturated carbocycles. The van der Waals surface area contributed by atoms with Crippen molar-refractivity contribution in [3.63, 3.8) is 0 Å². The molecular formula is C31H35N3O2. The number of rotatable bonds is 10. The highest BCUT2D eigenvalue weighted by molar-refractivity contribution is 5.81. The summed E-state index contributed by atoms with van der Waals surface area (Å²) in [6.07, 6.45) is 3.38. The second-order valence-electron chi connectivity index (χ2n) is 9.91. The van der Waals surface area contributed by atoms with Crippen molar-refractivity contribution in [3.05, 3.63) is 95.3 Å². The van der Waals surface area contributed by atoms with Crippen LogP contribution in [0.5, 0.6) is 5.75 Å². The zero-order chi connectivity index (χ0) is 24.9. The van der Waals surface area contributed by atoms with Crippen LogP contribution in [0.4, 0.5) is 0 Å². The number of carbonyl (C=O) groups excluding carboxylic acids is 1. The summed E-state index contributed by atoms with van der Waals surface area (Å²) in [6.45, 7) is 7.27. The number of unbranched alkanes of at least 4 members (excludes halogenated alkanes) is 1. The maximum atomic E-state index is 12.9. The summed E-state index contributed by atoms with van der Waals surface area (Å²) in [5, 5.41) is 0. The highest BCUT2D eigenvalue weighted by Crippen LogP contribution is 2.31. The van der Waals surface area contributed by atoms with Gasteiger partial charge in [-0.15, -0.1) is 0 Å². The molecule has 5 rings (SSSR count). The van der Waals surface area contributed by atoms with E-state index in [1.807, 2.05) is 17.0 Å². The second kappa shape index (κ2) is 11.0. The minimum absolute atomic E-state index is 0.132. The van der Waals surface area contributed by atoms with Gasteiger partial charge in [0.2, 0.25) is 5.91 Å². The Morgan fingerprint density at radius 2 is 1.75 bits per heavy atom. The molecule has 36 heavy (non-hydrogen) atoms. The molecule has 3 aromatic carbocycles. The van der Waals surface area contributed by atoms with Crippen LogP contribution in [0.25, 0.3) is 11.0 Å². The largest absolute Gasteiger partial charge is 0.493 e. The molecule has 0 bridgehead atoms. The number of likely N-dealkylation sites (tertiary alicyclic amines) is 1. The predicted molar refractivity (Wildman–Crippen MR) is 144 cm³/mol. The lowest BCUT2D eigenvalue weighted by atomic mass is 10.1. The lowest BCUT2D eigenvalue weighted by Gasteiger charge is -2.17. The second-order valence-corrected chi connectivity index (χ2v) is 9.91. The van der Waals surface area contributed by atoms with Crippen LogP contribution in [-0.4, -0.2) is 40.1 Å². The van der Waals surface area contributed by atoms with Crippen LogP contribution in [0.3, 0.4) is 0 Å². The predicted octanol–water partition coefficient (Wildman–Crippen LogP) is 6.07. The summed E-state index contributed by atoms with van der Waals surface area (Å²) in [5.41, 5.74) is 5.86. The van der Waals surface area contributed by atoms with Gasteiger partial charge in [0.25, 0.3) is 0 Å². The number of hydrogen-bond donors (Lipinski definition) is 0. The molecule has 5 heteroatoms. The Balaban J connectivity index is 1.23. The smallest absolute Gasteiger partial charge is 0.223 e. The first-order valence-corrected chi connectivity index (χ1v) is 13.1. The van der Waals surface area contributed by atoms with Gasteiger partial charge in [0, 0.05) is 32.0 Å². The average molecular weight is 482 g/mol. The first-order valence-electron chi connectivity index (χ1n) is 13.1. The summed E-state index contributed by atoms with van der Waals surface area (Å²) in [6, 6.07) is 25.0. The third-order valence-corrected chi connectivity index (χ3v) is 7.14. The number of aryl methyl sites for hydroxylation is 3. The van der Waals surface area contributed by atoms with Crippen molar-refractivity contribution >= 4 is 16.9 Å². The van der Waals surface area contributed by atoms with Gasteiger partial charge in [-0.05, 0) is 62.4 Å². The summed E-state index contributed by atoms with van der Waals surface area (Å²) in [4.78, 5) is 19.9. The number of hydrogen-bond acceptors (Lipinski definition) is 3. The van der Waals surface area contributed by atoms with E-state index in [1.165, 1.54) is 16.7 Å². The maximum Gasteiger partial charge on any atom is 0.223 e. The number of ether oxygens (including phenoxy) is 1. The Kier molecular flexibility index (Phi) is 7.36. The van der Waals surface area contributed by atoms with Gasteiger partial charge < -0.3 is 14.2 Å². The van der Waals surface area contributed by atoms with E-state index in [0.717, 1.165) is 61.5 Å². The Hall–Kier alpha value is -3.60. The molecule has 0 spiro atoms. The summed E-state index contributed by atoms with van der Waals surface area (Å²) < 4.78 is 8.38. The van der Waals surface area contributed by atoms with Crippen molar-refractivity contribution in [2.75, 3.05) is 19.7 Å². The molecule has 1 aliphatic rings. The first-order chi connectivity index (χ1) is 17.6. The van der Waals surface area contributed by atoms with Gasteiger partial charge in [-0.25, -0.2) is 4.98 Å². The number of para-hydroxylation sites is 2. The Labute approximate surface area is 213 Å². The molecule has 1 aliphatic heterocycles. The SMILES string of the molecule is Cc1ccc(OCCCCn2c(C3CC(=O)N(CCc4ccccc4)C3)nc3ccccc32)c(C)c1. The van der Waals surface area contributed by atoms with Crippen molar-refractivity contribution in [1.29, 1.82) is 0 Å². The van der Waals surface area contributed by atoms with Gasteiger partial charge >= 0.3 is 0 Å². The van der Waals surface area contributed by atoms with Crippen LogP contribution in [0.15, 0.2) is 72.8 Å². The summed E-state index contributed by atoms with van der Waals surface area (Å²) in [7, 11) is 0. The fourth-order valence-corrected chi connectivity index (χ4v) is 5.23. The van der Waals surface area contributed by atoms with Crippen LogP contribution in [0.2, 0.25) is 0 Å². The first kappa shape index (κ1) is 24.1. The lowest BCUT2D eigenvalue weighted by Crippen LogP contribution is -2.27. The van der Waals surface area contributed by atoms with Gasteiger partial charge in [0.05, 0.1) is 17.6 Å². The van der Waals surface area contributed by atoms with Crippen LogP contribution >= 0.6 is 0 Å². The van der Waals surface area contributed by atoms with Crippen molar-refractivity contribution in [2.24, 2.45) is 0 Å². The topological polar surface area (TPSA) is 47.4 Å². The van der Waals surface area contributed by atoms with Crippen LogP contribution in [-0.2, 0) is 17.8 Å². The van der Waals surface area contributed by atoms with Crippen molar-refractivity contribution in [2.45, 2.75) is 52.0 Å². The molecule has 1 saturated heterocycles. The molecule has 5 nitrogen and oxygen atoms in total. The number of amides is 1. The summed E-state index contributed by atoms with van der Waals surface area (Å²) >= 11 is 0. The number of fused-ring (bicyclic) bond motifs is 1. The van der Waals surface area contributed by atoms with E-state index in [1.54, 1.807) is 0 Å². The fourth-order valence-electron chi connectivity index (χ4n) is 5.23. The molecule has 4 aromatic rings. The van der Waals surface area contributed by atoms with E-state index >= 15 is 0 Å². The minimum Gasteiger partial charge on any atom is -0.493 e. The van der Waals surface area contributed by atoms with Gasteiger partial charge in [-0.1, -0.05) is 60.2 Å². The molecule has 1 atom stereocenters. The monoisotopic (exact) mass is 481 g/mol.